The molecule has 1 fully saturated rings. The number of aryl methyl sites for hydroxylation is 2. The van der Waals surface area contributed by atoms with E-state index in [0.717, 1.165) is 61.0 Å². The van der Waals surface area contributed by atoms with E-state index in [0.29, 0.717) is 18.8 Å². The molecule has 1 atom stereocenters. The molecule has 1 amide bonds. The number of amides is 1. The minimum absolute atomic E-state index is 0.0233. The monoisotopic (exact) mass is 410 g/mol. The second-order valence-corrected chi connectivity index (χ2v) is 8.22. The Morgan fingerprint density at radius 1 is 1.00 bits per heavy atom. The van der Waals surface area contributed by atoms with E-state index in [2.05, 4.69) is 14.9 Å². The minimum atomic E-state index is -0.0233. The highest BCUT2D eigenvalue weighted by molar-refractivity contribution is 5.80. The van der Waals surface area contributed by atoms with Crippen molar-refractivity contribution in [3.05, 3.63) is 40.7 Å². The number of piperidine rings is 1. The van der Waals surface area contributed by atoms with Crippen LogP contribution in [0, 0.1) is 19.8 Å². The molecule has 7 heteroatoms. The summed E-state index contributed by atoms with van der Waals surface area (Å²) in [5.74, 6) is 2.40. The van der Waals surface area contributed by atoms with Crippen LogP contribution in [0.3, 0.4) is 0 Å². The largest absolute Gasteiger partial charge is 0.493 e. The van der Waals surface area contributed by atoms with Crippen LogP contribution in [-0.2, 0) is 17.8 Å². The number of fused-ring (bicyclic) bond motifs is 1. The molecule has 1 saturated heterocycles. The van der Waals surface area contributed by atoms with Crippen LogP contribution in [0.1, 0.15) is 35.4 Å². The molecular formula is C23H30N4O3. The van der Waals surface area contributed by atoms with Gasteiger partial charge in [-0.15, -0.1) is 0 Å². The molecule has 1 aromatic carbocycles. The molecule has 4 rings (SSSR count). The maximum Gasteiger partial charge on any atom is 0.227 e. The average Bonchev–Trinajstić information content (AvgIpc) is 2.76. The lowest BCUT2D eigenvalue weighted by Crippen LogP contribution is -2.46. The number of methoxy groups -OCH3 is 2. The SMILES string of the molecule is COc1cc2c(cc1OC)CN(C(=O)[C@H]1CCCN(c3nc(C)cc(C)n3)C1)CC2. The number of ether oxygens (including phenoxy) is 2. The molecule has 2 aromatic rings. The molecule has 7 nitrogen and oxygen atoms in total. The normalized spacial score (nSPS) is 18.7. The molecule has 2 aliphatic rings. The van der Waals surface area contributed by atoms with Crippen molar-refractivity contribution in [2.45, 2.75) is 39.7 Å². The van der Waals surface area contributed by atoms with Gasteiger partial charge >= 0.3 is 0 Å². The summed E-state index contributed by atoms with van der Waals surface area (Å²) in [6.07, 6.45) is 2.72. The van der Waals surface area contributed by atoms with Crippen LogP contribution in [0.15, 0.2) is 18.2 Å². The fraction of sp³-hybridized carbons (Fsp3) is 0.522. The lowest BCUT2D eigenvalue weighted by atomic mass is 9.93. The van der Waals surface area contributed by atoms with E-state index in [-0.39, 0.29) is 11.8 Å². The van der Waals surface area contributed by atoms with Crippen molar-refractivity contribution in [2.75, 3.05) is 38.8 Å². The number of benzene rings is 1. The highest BCUT2D eigenvalue weighted by atomic mass is 16.5. The third-order valence-corrected chi connectivity index (χ3v) is 6.05. The van der Waals surface area contributed by atoms with Crippen molar-refractivity contribution in [3.8, 4) is 11.5 Å². The minimum Gasteiger partial charge on any atom is -0.493 e. The molecule has 0 radical (unpaired) electrons. The summed E-state index contributed by atoms with van der Waals surface area (Å²) in [5.41, 5.74) is 4.29. The molecule has 0 aliphatic carbocycles. The Hall–Kier alpha value is -2.83. The van der Waals surface area contributed by atoms with E-state index >= 15 is 0 Å². The standard InChI is InChI=1S/C23H30N4O3/c1-15-10-16(2)25-23(24-15)27-8-5-6-18(13-27)22(28)26-9-7-17-11-20(29-3)21(30-4)12-19(17)14-26/h10-12,18H,5-9,13-14H2,1-4H3/t18-/m0/s1. The van der Waals surface area contributed by atoms with E-state index in [1.807, 2.05) is 36.9 Å². The second kappa shape index (κ2) is 8.50. The highest BCUT2D eigenvalue weighted by Crippen LogP contribution is 2.34. The highest BCUT2D eigenvalue weighted by Gasteiger charge is 2.32. The van der Waals surface area contributed by atoms with Gasteiger partial charge in [0.25, 0.3) is 0 Å². The van der Waals surface area contributed by atoms with Crippen molar-refractivity contribution < 1.29 is 14.3 Å². The number of nitrogens with zero attached hydrogens (tertiary/aromatic N) is 4. The fourth-order valence-electron chi connectivity index (χ4n) is 4.54. The van der Waals surface area contributed by atoms with Gasteiger partial charge in [0.2, 0.25) is 11.9 Å². The Kier molecular flexibility index (Phi) is 5.79. The molecule has 0 spiro atoms. The Balaban J connectivity index is 1.48. The number of hydrogen-bond acceptors (Lipinski definition) is 6. The average molecular weight is 411 g/mol. The quantitative estimate of drug-likeness (QED) is 0.772. The molecule has 0 N–H and O–H groups in total. The molecule has 0 unspecified atom stereocenters. The summed E-state index contributed by atoms with van der Waals surface area (Å²) in [7, 11) is 3.29. The van der Waals surface area contributed by atoms with Crippen molar-refractivity contribution in [2.24, 2.45) is 5.92 Å². The van der Waals surface area contributed by atoms with Gasteiger partial charge in [-0.3, -0.25) is 4.79 Å². The molecular weight excluding hydrogens is 380 g/mol. The van der Waals surface area contributed by atoms with Gasteiger partial charge in [-0.2, -0.15) is 0 Å². The second-order valence-electron chi connectivity index (χ2n) is 8.22. The first kappa shape index (κ1) is 20.4. The zero-order valence-corrected chi connectivity index (χ0v) is 18.3. The lowest BCUT2D eigenvalue weighted by molar-refractivity contribution is -0.136. The van der Waals surface area contributed by atoms with Crippen molar-refractivity contribution >= 4 is 11.9 Å². The van der Waals surface area contributed by atoms with Gasteiger partial charge in [0, 0.05) is 37.6 Å². The van der Waals surface area contributed by atoms with E-state index < -0.39 is 0 Å². The van der Waals surface area contributed by atoms with E-state index in [9.17, 15) is 4.79 Å². The van der Waals surface area contributed by atoms with Crippen molar-refractivity contribution in [1.29, 1.82) is 0 Å². The van der Waals surface area contributed by atoms with E-state index in [1.54, 1.807) is 14.2 Å². The van der Waals surface area contributed by atoms with E-state index in [1.165, 1.54) is 5.56 Å². The number of hydrogen-bond donors (Lipinski definition) is 0. The summed E-state index contributed by atoms with van der Waals surface area (Å²) >= 11 is 0. The van der Waals surface area contributed by atoms with Crippen molar-refractivity contribution in [3.63, 3.8) is 0 Å². The number of rotatable bonds is 4. The van der Waals surface area contributed by atoms with Gasteiger partial charge in [0.05, 0.1) is 20.1 Å². The van der Waals surface area contributed by atoms with Gasteiger partial charge in [-0.25, -0.2) is 9.97 Å². The Morgan fingerprint density at radius 3 is 2.33 bits per heavy atom. The number of carbonyl (C=O) groups is 1. The molecule has 30 heavy (non-hydrogen) atoms. The maximum atomic E-state index is 13.4. The Morgan fingerprint density at radius 2 is 1.67 bits per heavy atom. The Labute approximate surface area is 178 Å². The lowest BCUT2D eigenvalue weighted by Gasteiger charge is -2.37. The predicted molar refractivity (Wildman–Crippen MR) is 115 cm³/mol. The first-order valence-corrected chi connectivity index (χ1v) is 10.6. The van der Waals surface area contributed by atoms with Crippen molar-refractivity contribution in [1.82, 2.24) is 14.9 Å². The third kappa shape index (κ3) is 4.06. The van der Waals surface area contributed by atoms with Gasteiger partial charge in [-0.1, -0.05) is 0 Å². The van der Waals surface area contributed by atoms with Gasteiger partial charge in [-0.05, 0) is 62.4 Å². The smallest absolute Gasteiger partial charge is 0.227 e. The van der Waals surface area contributed by atoms with Crippen LogP contribution in [0.2, 0.25) is 0 Å². The van der Waals surface area contributed by atoms with Gasteiger partial charge in [0.1, 0.15) is 0 Å². The Bertz CT molecular complexity index is 926. The first-order chi connectivity index (χ1) is 14.5. The number of carbonyl (C=O) groups excluding carboxylic acids is 1. The number of aromatic nitrogens is 2. The summed E-state index contributed by atoms with van der Waals surface area (Å²) < 4.78 is 10.9. The maximum absolute atomic E-state index is 13.4. The van der Waals surface area contributed by atoms with Crippen LogP contribution < -0.4 is 14.4 Å². The molecule has 3 heterocycles. The first-order valence-electron chi connectivity index (χ1n) is 10.6. The summed E-state index contributed by atoms with van der Waals surface area (Å²) in [6, 6.07) is 6.02. The third-order valence-electron chi connectivity index (χ3n) is 6.05. The van der Waals surface area contributed by atoms with Crippen LogP contribution in [0.4, 0.5) is 5.95 Å². The number of anilines is 1. The van der Waals surface area contributed by atoms with Gasteiger partial charge in [0.15, 0.2) is 11.5 Å². The van der Waals surface area contributed by atoms with Crippen LogP contribution >= 0.6 is 0 Å². The zero-order valence-electron chi connectivity index (χ0n) is 18.3. The molecule has 2 aliphatic heterocycles. The molecule has 0 bridgehead atoms. The topological polar surface area (TPSA) is 67.8 Å². The molecule has 1 aromatic heterocycles. The zero-order chi connectivity index (χ0) is 21.3. The molecule has 160 valence electrons. The van der Waals surface area contributed by atoms with Gasteiger partial charge < -0.3 is 19.3 Å². The summed E-state index contributed by atoms with van der Waals surface area (Å²) in [4.78, 5) is 26.7. The van der Waals surface area contributed by atoms with Crippen LogP contribution in [-0.4, -0.2) is 54.6 Å². The summed E-state index contributed by atoms with van der Waals surface area (Å²) in [5, 5.41) is 0. The fourth-order valence-corrected chi connectivity index (χ4v) is 4.54. The molecule has 0 saturated carbocycles. The van der Waals surface area contributed by atoms with E-state index in [4.69, 9.17) is 9.47 Å². The van der Waals surface area contributed by atoms with Crippen LogP contribution in [0.5, 0.6) is 11.5 Å². The van der Waals surface area contributed by atoms with Crippen LogP contribution in [0.25, 0.3) is 0 Å². The predicted octanol–water partition coefficient (Wildman–Crippen LogP) is 2.91. The summed E-state index contributed by atoms with van der Waals surface area (Å²) in [6.45, 7) is 6.89.